The Morgan fingerprint density at radius 1 is 1.43 bits per heavy atom. The van der Waals surface area contributed by atoms with Gasteiger partial charge in [-0.3, -0.25) is 0 Å². The summed E-state index contributed by atoms with van der Waals surface area (Å²) in [5.41, 5.74) is 11.1. The van der Waals surface area contributed by atoms with Crippen LogP contribution in [-0.4, -0.2) is 36.5 Å². The minimum Gasteiger partial charge on any atom is -0.370 e. The van der Waals surface area contributed by atoms with Crippen molar-refractivity contribution in [2.45, 2.75) is 33.2 Å². The molecule has 1 fully saturated rings. The second kappa shape index (κ2) is 4.17. The van der Waals surface area contributed by atoms with Crippen LogP contribution in [0, 0.1) is 5.41 Å². The number of hydrogen-bond acceptors (Lipinski definition) is 2. The highest BCUT2D eigenvalue weighted by Gasteiger charge is 2.25. The van der Waals surface area contributed by atoms with E-state index in [1.807, 2.05) is 0 Å². The number of aliphatic imine (C=N–C) groups is 1. The van der Waals surface area contributed by atoms with Crippen LogP contribution < -0.4 is 11.5 Å². The molecule has 1 saturated heterocycles. The maximum absolute atomic E-state index is 5.35. The van der Waals surface area contributed by atoms with Gasteiger partial charge in [0.1, 0.15) is 0 Å². The first kappa shape index (κ1) is 11.3. The van der Waals surface area contributed by atoms with E-state index in [2.05, 4.69) is 30.7 Å². The molecule has 0 spiro atoms. The predicted molar refractivity (Wildman–Crippen MR) is 60.1 cm³/mol. The van der Waals surface area contributed by atoms with Crippen LogP contribution in [0.15, 0.2) is 4.99 Å². The smallest absolute Gasteiger partial charge is 0.186 e. The first-order chi connectivity index (χ1) is 6.37. The van der Waals surface area contributed by atoms with Crippen molar-refractivity contribution in [2.75, 3.05) is 19.6 Å². The second-order valence-corrected chi connectivity index (χ2v) is 5.29. The molecule has 0 amide bonds. The number of rotatable bonds is 2. The van der Waals surface area contributed by atoms with Gasteiger partial charge < -0.3 is 16.4 Å². The maximum Gasteiger partial charge on any atom is 0.186 e. The fraction of sp³-hybridized carbons (Fsp3) is 0.900. The number of likely N-dealkylation sites (tertiary alicyclic amines) is 1. The molecule has 0 aliphatic carbocycles. The molecule has 1 aliphatic rings. The molecule has 1 rings (SSSR count). The third-order valence-electron chi connectivity index (χ3n) is 2.28. The van der Waals surface area contributed by atoms with Crippen LogP contribution in [0.4, 0.5) is 0 Å². The number of guanidine groups is 1. The van der Waals surface area contributed by atoms with E-state index in [0.29, 0.717) is 11.5 Å². The first-order valence-corrected chi connectivity index (χ1v) is 5.18. The highest BCUT2D eigenvalue weighted by molar-refractivity contribution is 5.75. The van der Waals surface area contributed by atoms with Gasteiger partial charge in [0.05, 0.1) is 6.04 Å². The van der Waals surface area contributed by atoms with E-state index in [-0.39, 0.29) is 5.96 Å². The highest BCUT2D eigenvalue weighted by Crippen LogP contribution is 2.20. The zero-order valence-electron chi connectivity index (χ0n) is 9.45. The second-order valence-electron chi connectivity index (χ2n) is 5.29. The van der Waals surface area contributed by atoms with E-state index >= 15 is 0 Å². The lowest BCUT2D eigenvalue weighted by atomic mass is 9.96. The molecule has 0 bridgehead atoms. The molecular formula is C10H22N4. The predicted octanol–water partition coefficient (Wildman–Crippen LogP) is 0.380. The minimum atomic E-state index is 0.215. The van der Waals surface area contributed by atoms with Crippen molar-refractivity contribution < 1.29 is 0 Å². The van der Waals surface area contributed by atoms with Crippen LogP contribution in [0.1, 0.15) is 27.2 Å². The Labute approximate surface area is 86.4 Å². The molecule has 0 saturated carbocycles. The van der Waals surface area contributed by atoms with Gasteiger partial charge in [0, 0.05) is 19.6 Å². The Balaban J connectivity index is 2.38. The summed E-state index contributed by atoms with van der Waals surface area (Å²) in [6, 6.07) is 0.308. The van der Waals surface area contributed by atoms with Gasteiger partial charge >= 0.3 is 0 Å². The molecule has 82 valence electrons. The largest absolute Gasteiger partial charge is 0.370 e. The lowest BCUT2D eigenvalue weighted by molar-refractivity contribution is 0.225. The van der Waals surface area contributed by atoms with E-state index in [9.17, 15) is 0 Å². The van der Waals surface area contributed by atoms with E-state index in [1.165, 1.54) is 0 Å². The summed E-state index contributed by atoms with van der Waals surface area (Å²) in [7, 11) is 0. The van der Waals surface area contributed by atoms with Gasteiger partial charge in [-0.25, -0.2) is 4.99 Å². The van der Waals surface area contributed by atoms with Crippen molar-refractivity contribution in [1.29, 1.82) is 0 Å². The molecule has 4 heteroatoms. The molecule has 0 aromatic carbocycles. The van der Waals surface area contributed by atoms with Crippen LogP contribution in [0.5, 0.6) is 0 Å². The van der Waals surface area contributed by atoms with E-state index in [1.54, 1.807) is 0 Å². The fourth-order valence-electron chi connectivity index (χ4n) is 1.94. The molecule has 4 nitrogen and oxygen atoms in total. The zero-order chi connectivity index (χ0) is 10.8. The van der Waals surface area contributed by atoms with Crippen molar-refractivity contribution >= 4 is 5.96 Å². The molecule has 0 aromatic rings. The average molecular weight is 198 g/mol. The Kier molecular flexibility index (Phi) is 3.37. The Morgan fingerprint density at radius 3 is 2.57 bits per heavy atom. The van der Waals surface area contributed by atoms with Gasteiger partial charge in [0.15, 0.2) is 5.96 Å². The maximum atomic E-state index is 5.35. The van der Waals surface area contributed by atoms with E-state index < -0.39 is 0 Å². The first-order valence-electron chi connectivity index (χ1n) is 5.18. The third-order valence-corrected chi connectivity index (χ3v) is 2.28. The summed E-state index contributed by atoms with van der Waals surface area (Å²) in [6.45, 7) is 9.97. The van der Waals surface area contributed by atoms with Crippen molar-refractivity contribution in [3.8, 4) is 0 Å². The standard InChI is InChI=1S/C10H22N4/c1-10(2,3)7-14-5-4-8(6-14)13-9(11)12/h8H,4-7H2,1-3H3,(H4,11,12,13)/t8-/m0/s1. The monoisotopic (exact) mass is 198 g/mol. The summed E-state index contributed by atoms with van der Waals surface area (Å²) in [5, 5.41) is 0. The summed E-state index contributed by atoms with van der Waals surface area (Å²) < 4.78 is 0. The molecule has 1 aliphatic heterocycles. The van der Waals surface area contributed by atoms with Crippen LogP contribution in [0.25, 0.3) is 0 Å². The van der Waals surface area contributed by atoms with Crippen molar-refractivity contribution in [2.24, 2.45) is 21.9 Å². The SMILES string of the molecule is CC(C)(C)CN1CC[C@H](N=C(N)N)C1. The summed E-state index contributed by atoms with van der Waals surface area (Å²) in [6.07, 6.45) is 1.08. The number of hydrogen-bond donors (Lipinski definition) is 2. The number of nitrogens with zero attached hydrogens (tertiary/aromatic N) is 2. The highest BCUT2D eigenvalue weighted by atomic mass is 15.2. The zero-order valence-corrected chi connectivity index (χ0v) is 9.45. The van der Waals surface area contributed by atoms with Crippen LogP contribution in [-0.2, 0) is 0 Å². The van der Waals surface area contributed by atoms with Crippen molar-refractivity contribution in [1.82, 2.24) is 4.90 Å². The molecule has 1 atom stereocenters. The van der Waals surface area contributed by atoms with Crippen molar-refractivity contribution in [3.05, 3.63) is 0 Å². The van der Waals surface area contributed by atoms with Crippen molar-refractivity contribution in [3.63, 3.8) is 0 Å². The van der Waals surface area contributed by atoms with E-state index in [4.69, 9.17) is 11.5 Å². The third kappa shape index (κ3) is 3.96. The summed E-state index contributed by atoms with van der Waals surface area (Å²) >= 11 is 0. The molecule has 1 heterocycles. The van der Waals surface area contributed by atoms with Crippen LogP contribution >= 0.6 is 0 Å². The van der Waals surface area contributed by atoms with Crippen LogP contribution in [0.2, 0.25) is 0 Å². The molecule has 0 unspecified atom stereocenters. The summed E-state index contributed by atoms with van der Waals surface area (Å²) in [4.78, 5) is 6.61. The Morgan fingerprint density at radius 2 is 2.07 bits per heavy atom. The summed E-state index contributed by atoms with van der Waals surface area (Å²) in [5.74, 6) is 0.215. The Hall–Kier alpha value is -0.770. The normalized spacial score (nSPS) is 23.8. The van der Waals surface area contributed by atoms with Gasteiger partial charge in [0.25, 0.3) is 0 Å². The Bertz CT molecular complexity index is 213. The van der Waals surface area contributed by atoms with Gasteiger partial charge in [-0.05, 0) is 11.8 Å². The number of nitrogens with two attached hydrogens (primary N) is 2. The minimum absolute atomic E-state index is 0.215. The topological polar surface area (TPSA) is 67.6 Å². The molecular weight excluding hydrogens is 176 g/mol. The molecule has 14 heavy (non-hydrogen) atoms. The average Bonchev–Trinajstić information content (AvgIpc) is 2.30. The van der Waals surface area contributed by atoms with Crippen LogP contribution in [0.3, 0.4) is 0 Å². The van der Waals surface area contributed by atoms with E-state index in [0.717, 1.165) is 26.1 Å². The quantitative estimate of drug-likeness (QED) is 0.498. The lowest BCUT2D eigenvalue weighted by Gasteiger charge is -2.25. The van der Waals surface area contributed by atoms with Gasteiger partial charge in [-0.1, -0.05) is 20.8 Å². The molecule has 4 N–H and O–H groups in total. The molecule has 0 radical (unpaired) electrons. The fourth-order valence-corrected chi connectivity index (χ4v) is 1.94. The van der Waals surface area contributed by atoms with Gasteiger partial charge in [0.2, 0.25) is 0 Å². The van der Waals surface area contributed by atoms with Gasteiger partial charge in [-0.15, -0.1) is 0 Å². The molecule has 0 aromatic heterocycles. The van der Waals surface area contributed by atoms with Gasteiger partial charge in [-0.2, -0.15) is 0 Å². The lowest BCUT2D eigenvalue weighted by Crippen LogP contribution is -2.32.